The predicted octanol–water partition coefficient (Wildman–Crippen LogP) is 4.07. The lowest BCUT2D eigenvalue weighted by Gasteiger charge is -2.32. The number of para-hydroxylation sites is 1. The molecule has 0 aliphatic carbocycles. The van der Waals surface area contributed by atoms with Crippen molar-refractivity contribution in [1.29, 1.82) is 0 Å². The first-order valence-electron chi connectivity index (χ1n) is 13.2. The molecule has 2 aliphatic rings. The van der Waals surface area contributed by atoms with Crippen LogP contribution in [0, 0.1) is 6.92 Å². The molecule has 2 fully saturated rings. The number of ether oxygens (including phenoxy) is 1. The van der Waals surface area contributed by atoms with E-state index in [0.717, 1.165) is 74.3 Å². The summed E-state index contributed by atoms with van der Waals surface area (Å²) in [5, 5.41) is 12.4. The lowest BCUT2D eigenvalue weighted by Crippen LogP contribution is -2.38. The lowest BCUT2D eigenvalue weighted by atomic mass is 9.88. The number of carbonyl (C=O) groups is 2. The molecule has 2 aromatic carbocycles. The van der Waals surface area contributed by atoms with Crippen LogP contribution in [0.1, 0.15) is 45.8 Å². The maximum atomic E-state index is 13.7. The number of hydrogen-bond acceptors (Lipinski definition) is 4. The van der Waals surface area contributed by atoms with Gasteiger partial charge in [-0.05, 0) is 42.4 Å². The minimum absolute atomic E-state index is 0.110. The van der Waals surface area contributed by atoms with Crippen LogP contribution in [0.25, 0.3) is 10.9 Å². The zero-order valence-corrected chi connectivity index (χ0v) is 21.5. The van der Waals surface area contributed by atoms with E-state index < -0.39 is 6.09 Å². The Labute approximate surface area is 217 Å². The number of carbonyl (C=O) groups excluding carboxylic acids is 1. The number of rotatable bonds is 7. The number of amides is 2. The van der Waals surface area contributed by atoms with Crippen LogP contribution in [-0.2, 0) is 17.8 Å². The monoisotopic (exact) mass is 504 g/mol. The third kappa shape index (κ3) is 5.81. The molecule has 8 nitrogen and oxygen atoms in total. The first-order chi connectivity index (χ1) is 18.0. The Balaban J connectivity index is 1.27. The SMILES string of the molecule is Cc1cccc2c(C(=O)N3CCC(c4cccc(CNC(=O)O)c4)CC3)cn(CCN3CCOCC3)c12. The van der Waals surface area contributed by atoms with Crippen LogP contribution in [0.4, 0.5) is 4.79 Å². The zero-order chi connectivity index (χ0) is 25.8. The molecule has 2 amide bonds. The highest BCUT2D eigenvalue weighted by molar-refractivity contribution is 6.07. The molecule has 5 rings (SSSR count). The van der Waals surface area contributed by atoms with E-state index in [9.17, 15) is 9.59 Å². The van der Waals surface area contributed by atoms with Gasteiger partial charge in [-0.2, -0.15) is 0 Å². The normalized spacial score (nSPS) is 17.3. The van der Waals surface area contributed by atoms with Crippen molar-refractivity contribution in [3.63, 3.8) is 0 Å². The number of nitrogens with zero attached hydrogens (tertiary/aromatic N) is 3. The highest BCUT2D eigenvalue weighted by Gasteiger charge is 2.27. The van der Waals surface area contributed by atoms with Gasteiger partial charge in [-0.25, -0.2) is 4.79 Å². The third-order valence-electron chi connectivity index (χ3n) is 7.74. The van der Waals surface area contributed by atoms with E-state index in [4.69, 9.17) is 9.84 Å². The van der Waals surface area contributed by atoms with Gasteiger partial charge in [-0.3, -0.25) is 9.69 Å². The Hall–Kier alpha value is -3.36. The fraction of sp³-hybridized carbons (Fsp3) is 0.448. The summed E-state index contributed by atoms with van der Waals surface area (Å²) in [6.45, 7) is 9.13. The molecule has 0 saturated carbocycles. The van der Waals surface area contributed by atoms with Gasteiger partial charge in [0.25, 0.3) is 5.91 Å². The molecular formula is C29H36N4O4. The molecule has 0 atom stereocenters. The summed E-state index contributed by atoms with van der Waals surface area (Å²) in [4.78, 5) is 29.0. The van der Waals surface area contributed by atoms with Gasteiger partial charge in [-0.1, -0.05) is 42.5 Å². The summed E-state index contributed by atoms with van der Waals surface area (Å²) < 4.78 is 7.74. The van der Waals surface area contributed by atoms with E-state index >= 15 is 0 Å². The van der Waals surface area contributed by atoms with E-state index in [-0.39, 0.29) is 5.91 Å². The number of fused-ring (bicyclic) bond motifs is 1. The largest absolute Gasteiger partial charge is 0.465 e. The second kappa shape index (κ2) is 11.4. The van der Waals surface area contributed by atoms with Crippen LogP contribution in [0.2, 0.25) is 0 Å². The van der Waals surface area contributed by atoms with Crippen molar-refractivity contribution in [2.45, 2.75) is 38.8 Å². The Kier molecular flexibility index (Phi) is 7.76. The van der Waals surface area contributed by atoms with E-state index in [0.29, 0.717) is 25.6 Å². The molecule has 0 unspecified atom stereocenters. The van der Waals surface area contributed by atoms with Gasteiger partial charge in [0.05, 0.1) is 24.3 Å². The molecule has 0 bridgehead atoms. The highest BCUT2D eigenvalue weighted by atomic mass is 16.5. The maximum absolute atomic E-state index is 13.7. The minimum atomic E-state index is -1.02. The number of hydrogen-bond donors (Lipinski definition) is 2. The number of likely N-dealkylation sites (tertiary alicyclic amines) is 1. The molecule has 196 valence electrons. The molecular weight excluding hydrogens is 468 g/mol. The summed E-state index contributed by atoms with van der Waals surface area (Å²) in [5.41, 5.74) is 5.31. The smallest absolute Gasteiger partial charge is 0.404 e. The minimum Gasteiger partial charge on any atom is -0.465 e. The summed E-state index contributed by atoms with van der Waals surface area (Å²) in [5.74, 6) is 0.476. The van der Waals surface area contributed by atoms with Gasteiger partial charge >= 0.3 is 6.09 Å². The molecule has 0 spiro atoms. The maximum Gasteiger partial charge on any atom is 0.404 e. The molecule has 3 aromatic rings. The first kappa shape index (κ1) is 25.3. The molecule has 2 saturated heterocycles. The quantitative estimate of drug-likeness (QED) is 0.507. The zero-order valence-electron chi connectivity index (χ0n) is 21.5. The van der Waals surface area contributed by atoms with Crippen LogP contribution in [0.5, 0.6) is 0 Å². The number of carboxylic acid groups (broad SMARTS) is 1. The number of piperidine rings is 1. The average molecular weight is 505 g/mol. The Bertz CT molecular complexity index is 1260. The van der Waals surface area contributed by atoms with Crippen LogP contribution in [-0.4, -0.2) is 77.4 Å². The van der Waals surface area contributed by atoms with Crippen molar-refractivity contribution in [2.24, 2.45) is 0 Å². The highest BCUT2D eigenvalue weighted by Crippen LogP contribution is 2.31. The van der Waals surface area contributed by atoms with E-state index in [1.165, 1.54) is 11.1 Å². The number of nitrogens with one attached hydrogen (secondary N) is 1. The Morgan fingerprint density at radius 2 is 1.78 bits per heavy atom. The van der Waals surface area contributed by atoms with E-state index in [1.807, 2.05) is 23.1 Å². The average Bonchev–Trinajstić information content (AvgIpc) is 3.31. The molecule has 2 aliphatic heterocycles. The van der Waals surface area contributed by atoms with Gasteiger partial charge in [0.15, 0.2) is 0 Å². The van der Waals surface area contributed by atoms with Crippen molar-refractivity contribution in [3.8, 4) is 0 Å². The Morgan fingerprint density at radius 1 is 1.03 bits per heavy atom. The van der Waals surface area contributed by atoms with Crippen LogP contribution in [0.3, 0.4) is 0 Å². The second-order valence-electron chi connectivity index (χ2n) is 10.1. The molecule has 2 N–H and O–H groups in total. The molecule has 3 heterocycles. The van der Waals surface area contributed by atoms with Gasteiger partial charge in [-0.15, -0.1) is 0 Å². The number of aromatic nitrogens is 1. The van der Waals surface area contributed by atoms with Gasteiger partial charge in [0, 0.05) is 57.4 Å². The lowest BCUT2D eigenvalue weighted by molar-refractivity contribution is 0.0365. The number of benzene rings is 2. The van der Waals surface area contributed by atoms with Gasteiger partial charge in [0.2, 0.25) is 0 Å². The first-order valence-corrected chi connectivity index (χ1v) is 13.2. The summed E-state index contributed by atoms with van der Waals surface area (Å²) in [6.07, 6.45) is 2.84. The Morgan fingerprint density at radius 3 is 2.54 bits per heavy atom. The van der Waals surface area contributed by atoms with Gasteiger partial charge in [0.1, 0.15) is 0 Å². The van der Waals surface area contributed by atoms with Crippen LogP contribution < -0.4 is 5.32 Å². The van der Waals surface area contributed by atoms with Crippen LogP contribution >= 0.6 is 0 Å². The van der Waals surface area contributed by atoms with E-state index in [2.05, 4.69) is 52.2 Å². The summed E-state index contributed by atoms with van der Waals surface area (Å²) in [7, 11) is 0. The molecule has 1 aromatic heterocycles. The number of aryl methyl sites for hydroxylation is 1. The van der Waals surface area contributed by atoms with E-state index in [1.54, 1.807) is 0 Å². The van der Waals surface area contributed by atoms with Gasteiger partial charge < -0.3 is 24.6 Å². The molecule has 37 heavy (non-hydrogen) atoms. The topological polar surface area (TPSA) is 87.0 Å². The fourth-order valence-electron chi connectivity index (χ4n) is 5.69. The molecule has 8 heteroatoms. The summed E-state index contributed by atoms with van der Waals surface area (Å²) in [6, 6.07) is 14.4. The fourth-order valence-corrected chi connectivity index (χ4v) is 5.69. The third-order valence-corrected chi connectivity index (χ3v) is 7.74. The van der Waals surface area contributed by atoms with Crippen LogP contribution in [0.15, 0.2) is 48.7 Å². The summed E-state index contributed by atoms with van der Waals surface area (Å²) >= 11 is 0. The standard InChI is InChI=1S/C29H36N4O4/c1-21-4-2-7-25-26(20-33(27(21)25)13-12-31-14-16-37-17-15-31)28(34)32-10-8-23(9-11-32)24-6-3-5-22(18-24)19-30-29(35)36/h2-7,18,20,23,30H,8-17,19H2,1H3,(H,35,36). The second-order valence-corrected chi connectivity index (χ2v) is 10.1. The van der Waals surface area contributed by atoms with Crippen molar-refractivity contribution < 1.29 is 19.4 Å². The van der Waals surface area contributed by atoms with Crippen molar-refractivity contribution in [1.82, 2.24) is 19.7 Å². The van der Waals surface area contributed by atoms with Crippen molar-refractivity contribution >= 4 is 22.9 Å². The van der Waals surface area contributed by atoms with Crippen molar-refractivity contribution in [2.75, 3.05) is 45.9 Å². The molecule has 0 radical (unpaired) electrons. The van der Waals surface area contributed by atoms with Crippen molar-refractivity contribution in [3.05, 3.63) is 70.9 Å². The number of morpholine rings is 1. The predicted molar refractivity (Wildman–Crippen MR) is 143 cm³/mol.